The summed E-state index contributed by atoms with van der Waals surface area (Å²) in [4.78, 5) is 76.3. The summed E-state index contributed by atoms with van der Waals surface area (Å²) in [5, 5.41) is 0.732. The highest BCUT2D eigenvalue weighted by atomic mass is 35.5. The number of amides is 2. The Hall–Kier alpha value is -6.10. The molecule has 2 amide bonds. The van der Waals surface area contributed by atoms with Crippen molar-refractivity contribution in [3.8, 4) is 22.8 Å². The van der Waals surface area contributed by atoms with Gasteiger partial charge in [-0.1, -0.05) is 27.7 Å². The zero-order valence-electron chi connectivity index (χ0n) is 41.8. The number of hydrogen-bond donors (Lipinski definition) is 1. The average molecular weight is 1010 g/mol. The van der Waals surface area contributed by atoms with Gasteiger partial charge in [-0.25, -0.2) is 59.4 Å². The van der Waals surface area contributed by atoms with E-state index in [1.807, 2.05) is 9.13 Å². The van der Waals surface area contributed by atoms with Crippen LogP contribution < -0.4 is 20.4 Å². The van der Waals surface area contributed by atoms with Crippen molar-refractivity contribution in [1.82, 2.24) is 59.0 Å². The minimum absolute atomic E-state index is 0.0496. The lowest BCUT2D eigenvalue weighted by molar-refractivity contribution is 0.0427. The third-order valence-corrected chi connectivity index (χ3v) is 11.2. The van der Waals surface area contributed by atoms with Crippen molar-refractivity contribution in [1.29, 1.82) is 0 Å². The quantitative estimate of drug-likeness (QED) is 0.135. The number of aromatic nitrogens is 12. The van der Waals surface area contributed by atoms with E-state index in [0.717, 1.165) is 12.4 Å². The summed E-state index contributed by atoms with van der Waals surface area (Å²) in [6, 6.07) is 0.213. The number of imidazole rings is 2. The molecule has 376 valence electrons. The molecule has 0 radical (unpaired) electrons. The second kappa shape index (κ2) is 21.1. The van der Waals surface area contributed by atoms with E-state index < -0.39 is 23.4 Å². The summed E-state index contributed by atoms with van der Waals surface area (Å²) in [6.45, 7) is 27.8. The van der Waals surface area contributed by atoms with Gasteiger partial charge in [-0.3, -0.25) is 9.13 Å². The van der Waals surface area contributed by atoms with Gasteiger partial charge in [-0.05, 0) is 90.4 Å². The molecule has 2 aliphatic heterocycles. The Morgan fingerprint density at radius 2 is 1.06 bits per heavy atom. The van der Waals surface area contributed by atoms with Gasteiger partial charge in [0.05, 0.1) is 49.6 Å². The number of carbonyl (C=O) groups is 2. The summed E-state index contributed by atoms with van der Waals surface area (Å²) in [6.07, 6.45) is 4.23. The van der Waals surface area contributed by atoms with Gasteiger partial charge in [0.25, 0.3) is 0 Å². The molecule has 2 atom stereocenters. The smallest absolute Gasteiger partial charge is 0.427 e. The van der Waals surface area contributed by atoms with Gasteiger partial charge in [0.1, 0.15) is 11.2 Å². The van der Waals surface area contributed by atoms with Crippen molar-refractivity contribution < 1.29 is 28.5 Å². The Morgan fingerprint density at radius 1 is 0.671 bits per heavy atom. The normalized spacial score (nSPS) is 16.7. The first-order valence-corrected chi connectivity index (χ1v) is 24.0. The monoisotopic (exact) mass is 1000 g/mol. The molecule has 2 saturated heterocycles. The summed E-state index contributed by atoms with van der Waals surface area (Å²) in [7, 11) is 0. The topological polar surface area (TPSA) is 246 Å². The van der Waals surface area contributed by atoms with E-state index in [0.29, 0.717) is 124 Å². The molecule has 6 aromatic rings. The van der Waals surface area contributed by atoms with E-state index >= 15 is 0 Å². The van der Waals surface area contributed by atoms with Crippen LogP contribution in [-0.2, 0) is 32.0 Å². The third-order valence-electron chi connectivity index (χ3n) is 10.6. The van der Waals surface area contributed by atoms with E-state index in [1.54, 1.807) is 53.9 Å². The molecule has 2 aliphatic rings. The van der Waals surface area contributed by atoms with Crippen molar-refractivity contribution in [3.63, 3.8) is 0 Å². The maximum absolute atomic E-state index is 13.0. The minimum Gasteiger partial charge on any atom is -0.443 e. The third kappa shape index (κ3) is 12.1. The van der Waals surface area contributed by atoms with E-state index in [2.05, 4.69) is 81.2 Å². The van der Waals surface area contributed by atoms with Gasteiger partial charge in [-0.2, -0.15) is 0 Å². The minimum atomic E-state index is -0.960. The Labute approximate surface area is 416 Å². The number of fused-ring (bicyclic) bond motifs is 2. The zero-order chi connectivity index (χ0) is 50.8. The molecule has 8 heterocycles. The van der Waals surface area contributed by atoms with Crippen LogP contribution in [-0.4, -0.2) is 134 Å². The number of morpholine rings is 2. The van der Waals surface area contributed by atoms with Gasteiger partial charge in [-0.15, -0.1) is 4.90 Å². The van der Waals surface area contributed by atoms with E-state index in [-0.39, 0.29) is 24.0 Å². The van der Waals surface area contributed by atoms with Crippen LogP contribution in [0.3, 0.4) is 0 Å². The van der Waals surface area contributed by atoms with Crippen LogP contribution in [0.25, 0.3) is 45.1 Å². The first-order chi connectivity index (χ1) is 33.0. The number of nitrogen functional groups attached to an aromatic ring is 1. The molecule has 8 rings (SSSR count). The molecule has 0 spiro atoms. The van der Waals surface area contributed by atoms with Crippen molar-refractivity contribution in [2.24, 2.45) is 11.8 Å². The van der Waals surface area contributed by atoms with Crippen molar-refractivity contribution in [2.45, 2.75) is 119 Å². The van der Waals surface area contributed by atoms with Crippen molar-refractivity contribution in [2.75, 3.05) is 60.0 Å². The molecular formula is C46H62Cl2N16O6. The number of imide groups is 1. The zero-order valence-corrected chi connectivity index (χ0v) is 43.3. The molecule has 6 aromatic heterocycles. The Kier molecular flexibility index (Phi) is 15.6. The summed E-state index contributed by atoms with van der Waals surface area (Å²) in [5.74, 6) is 2.91. The van der Waals surface area contributed by atoms with E-state index in [9.17, 15) is 9.59 Å². The van der Waals surface area contributed by atoms with Crippen LogP contribution in [0.1, 0.15) is 83.1 Å². The highest BCUT2D eigenvalue weighted by molar-refractivity contribution is 6.29. The summed E-state index contributed by atoms with van der Waals surface area (Å²) in [5.41, 5.74) is 7.62. The lowest BCUT2D eigenvalue weighted by Crippen LogP contribution is -2.44. The number of nitrogens with zero attached hydrogens (tertiary/aromatic N) is 15. The molecule has 2 N–H and O–H groups in total. The lowest BCUT2D eigenvalue weighted by atomic mass is 10.2. The maximum atomic E-state index is 13.0. The van der Waals surface area contributed by atoms with Crippen LogP contribution in [0, 0.1) is 11.8 Å². The van der Waals surface area contributed by atoms with Gasteiger partial charge < -0.3 is 34.5 Å². The molecule has 2 fully saturated rings. The van der Waals surface area contributed by atoms with Crippen LogP contribution in [0.5, 0.6) is 0 Å². The highest BCUT2D eigenvalue weighted by Crippen LogP contribution is 2.34. The molecule has 24 heteroatoms. The summed E-state index contributed by atoms with van der Waals surface area (Å²) < 4.78 is 25.9. The van der Waals surface area contributed by atoms with Crippen molar-refractivity contribution >= 4 is 81.2 Å². The maximum Gasteiger partial charge on any atom is 0.427 e. The number of carbonyl (C=O) groups excluding carboxylic acids is 2. The molecule has 70 heavy (non-hydrogen) atoms. The fourth-order valence-electron chi connectivity index (χ4n) is 7.57. The molecular weight excluding hydrogens is 944 g/mol. The molecule has 0 saturated carbocycles. The van der Waals surface area contributed by atoms with Crippen LogP contribution >= 0.6 is 23.2 Å². The number of hydrogen-bond acceptors (Lipinski definition) is 19. The second-order valence-corrected chi connectivity index (χ2v) is 20.7. The van der Waals surface area contributed by atoms with Gasteiger partial charge in [0.15, 0.2) is 45.6 Å². The molecule has 0 bridgehead atoms. The van der Waals surface area contributed by atoms with Gasteiger partial charge in [0.2, 0.25) is 22.5 Å². The van der Waals surface area contributed by atoms with Gasteiger partial charge in [0, 0.05) is 51.0 Å². The molecule has 0 unspecified atom stereocenters. The number of rotatable bonds is 9. The lowest BCUT2D eigenvalue weighted by Gasteiger charge is -2.34. The second-order valence-electron chi connectivity index (χ2n) is 20.0. The number of anilines is 4. The fourth-order valence-corrected chi connectivity index (χ4v) is 8.04. The predicted molar refractivity (Wildman–Crippen MR) is 267 cm³/mol. The largest absolute Gasteiger partial charge is 0.443 e. The van der Waals surface area contributed by atoms with E-state index in [4.69, 9.17) is 67.8 Å². The van der Waals surface area contributed by atoms with Crippen LogP contribution in [0.15, 0.2) is 24.8 Å². The number of ether oxygens (including phenoxy) is 4. The highest BCUT2D eigenvalue weighted by Gasteiger charge is 2.35. The number of halogens is 2. The Morgan fingerprint density at radius 3 is 1.41 bits per heavy atom. The van der Waals surface area contributed by atoms with E-state index in [1.165, 1.54) is 12.4 Å². The molecule has 0 aliphatic carbocycles. The average Bonchev–Trinajstić information content (AvgIpc) is 3.76. The SMILES string of the molecule is CC(C)Cn1c(Cl)nc2c(N3CCOC[C@@H]3C)nc(-c3cnc(N(C(=O)OC(C)(C)C)C(=O)OC(C)(C)C)nc3)nc21.CC(C)Cn1c(Cl)nc2c(N3CCOC[C@@H]3C)nc(-c3cnc(N)nc3)nc21. The summed E-state index contributed by atoms with van der Waals surface area (Å²) >= 11 is 13.1. The first kappa shape index (κ1) is 51.7. The fraction of sp³-hybridized carbons (Fsp3) is 0.565. The molecule has 0 aromatic carbocycles. The standard InChI is InChI=1S/C28H39ClN8O5.C18H23ClN8O/c1-16(2)14-36-22-19(32-23(36)29)21(35-10-11-40-15-17(35)3)33-20(34-22)18-12-30-24(31-13-18)37(25(38)41-27(4,5)6)26(39)42-28(7,8)9;1-10(2)8-27-16-13(23-17(27)19)15(26-4-5-28-9-11(26)3)24-14(25-16)12-6-21-18(20)22-7-12/h12-13,16-17H,10-11,14-15H2,1-9H3;6-7,10-11H,4-5,8-9H2,1-3H3,(H2,20,21,22)/t17-;11-/m00/s1. The first-order valence-electron chi connectivity index (χ1n) is 23.2. The predicted octanol–water partition coefficient (Wildman–Crippen LogP) is 7.89. The number of nitrogens with two attached hydrogens (primary N) is 1. The molecule has 22 nitrogen and oxygen atoms in total. The van der Waals surface area contributed by atoms with Gasteiger partial charge >= 0.3 is 12.2 Å². The van der Waals surface area contributed by atoms with Crippen molar-refractivity contribution in [3.05, 3.63) is 35.4 Å². The Bertz CT molecular complexity index is 2780. The van der Waals surface area contributed by atoms with Crippen LogP contribution in [0.2, 0.25) is 10.6 Å². The Balaban J connectivity index is 0.000000223. The van der Waals surface area contributed by atoms with Crippen LogP contribution in [0.4, 0.5) is 33.1 Å².